The predicted molar refractivity (Wildman–Crippen MR) is 269 cm³/mol. The van der Waals surface area contributed by atoms with Gasteiger partial charge in [0, 0.05) is 54.9 Å². The molecule has 11 aromatic rings. The van der Waals surface area contributed by atoms with Crippen molar-refractivity contribution in [1.82, 2.24) is 14.5 Å². The Bertz CT molecular complexity index is 3630. The molecule has 3 aromatic heterocycles. The van der Waals surface area contributed by atoms with Crippen molar-refractivity contribution in [1.29, 1.82) is 0 Å². The standard InChI is InChI=1S/C60H48N3O2.Pt/c1-59(2,3)44-35-48(57(64)49(36-44)60(4,5)6)58-62-56-46(25-17-27-51(56)63(58)50-26-16-15-24-45(50)38-20-11-8-12-21-38)42-30-41(37-18-9-7-10-19-37)31-43(32-42)55-54-47-33-39-22-13-14-23-40(39)34-53(47)65-52(54)28-29-61-55;/h7-31,33-36,64H,1-6H3;/q-1;. The van der Waals surface area contributed by atoms with E-state index < -0.39 is 0 Å². The summed E-state index contributed by atoms with van der Waals surface area (Å²) >= 11 is 0. The van der Waals surface area contributed by atoms with Gasteiger partial charge in [-0.1, -0.05) is 180 Å². The minimum Gasteiger partial charge on any atom is -0.507 e. The van der Waals surface area contributed by atoms with E-state index in [9.17, 15) is 5.11 Å². The maximum absolute atomic E-state index is 12.5. The summed E-state index contributed by atoms with van der Waals surface area (Å²) in [6.45, 7) is 13.1. The SMILES string of the molecule is CC(C)(C)c1cc(-c2nc3c(-c4[c-]c(-c5nccc6oc7cc8ccccc8cc7c56)cc(-c5ccccc5)c4)cccc3n2-c2ccccc2-c2ccccc2)c(O)c(C(C)(C)C)c1.[Pt]. The third-order valence-electron chi connectivity index (χ3n) is 12.7. The number of fused-ring (bicyclic) bond motifs is 5. The maximum Gasteiger partial charge on any atom is 0.148 e. The van der Waals surface area contributed by atoms with Gasteiger partial charge in [-0.15, -0.1) is 23.8 Å². The second-order valence-corrected chi connectivity index (χ2v) is 19.1. The van der Waals surface area contributed by atoms with Crippen molar-refractivity contribution in [2.45, 2.75) is 52.4 Å². The van der Waals surface area contributed by atoms with Gasteiger partial charge in [0.25, 0.3) is 0 Å². The predicted octanol–water partition coefficient (Wildman–Crippen LogP) is 15.9. The largest absolute Gasteiger partial charge is 0.507 e. The molecule has 6 heteroatoms. The number of phenolic OH excluding ortho intramolecular Hbond substituents is 1. The zero-order valence-corrected chi connectivity index (χ0v) is 40.0. The van der Waals surface area contributed by atoms with E-state index >= 15 is 0 Å². The number of benzene rings is 8. The van der Waals surface area contributed by atoms with Crippen LogP contribution < -0.4 is 0 Å². The molecule has 0 aliphatic rings. The molecule has 0 bridgehead atoms. The number of hydrogen-bond acceptors (Lipinski definition) is 4. The first-order chi connectivity index (χ1) is 31.4. The Morgan fingerprint density at radius 3 is 1.94 bits per heavy atom. The summed E-state index contributed by atoms with van der Waals surface area (Å²) in [4.78, 5) is 10.7. The van der Waals surface area contributed by atoms with E-state index in [4.69, 9.17) is 14.4 Å². The van der Waals surface area contributed by atoms with E-state index in [0.717, 1.165) is 105 Å². The Balaban J connectivity index is 0.00000511. The first-order valence-electron chi connectivity index (χ1n) is 22.3. The van der Waals surface area contributed by atoms with Crippen LogP contribution >= 0.6 is 0 Å². The molecule has 0 aliphatic carbocycles. The molecule has 1 N–H and O–H groups in total. The summed E-state index contributed by atoms with van der Waals surface area (Å²) in [5.41, 5.74) is 14.1. The second-order valence-electron chi connectivity index (χ2n) is 19.1. The molecule has 0 radical (unpaired) electrons. The number of imidazole rings is 1. The number of aromatic nitrogens is 3. The number of pyridine rings is 1. The fourth-order valence-electron chi connectivity index (χ4n) is 9.33. The molecular weight excluding hydrogens is 990 g/mol. The van der Waals surface area contributed by atoms with Crippen molar-refractivity contribution >= 4 is 43.7 Å². The monoisotopic (exact) mass is 1040 g/mol. The molecule has 0 spiro atoms. The minimum absolute atomic E-state index is 0. The molecule has 0 atom stereocenters. The van der Waals surface area contributed by atoms with E-state index in [2.05, 4.69) is 204 Å². The molecule has 5 nitrogen and oxygen atoms in total. The van der Waals surface area contributed by atoms with E-state index in [1.165, 1.54) is 0 Å². The van der Waals surface area contributed by atoms with Crippen molar-refractivity contribution in [2.24, 2.45) is 0 Å². The van der Waals surface area contributed by atoms with Crippen LogP contribution in [0, 0.1) is 6.07 Å². The third-order valence-corrected chi connectivity index (χ3v) is 12.7. The number of para-hydroxylation sites is 2. The van der Waals surface area contributed by atoms with Crippen molar-refractivity contribution < 1.29 is 30.6 Å². The van der Waals surface area contributed by atoms with Crippen LogP contribution in [0.1, 0.15) is 52.7 Å². The van der Waals surface area contributed by atoms with Gasteiger partial charge in [-0.2, -0.15) is 0 Å². The van der Waals surface area contributed by atoms with Gasteiger partial charge in [-0.25, -0.2) is 4.98 Å². The smallest absolute Gasteiger partial charge is 0.148 e. The maximum atomic E-state index is 12.5. The molecule has 0 unspecified atom stereocenters. The van der Waals surface area contributed by atoms with E-state index in [-0.39, 0.29) is 37.6 Å². The van der Waals surface area contributed by atoms with Crippen LogP contribution in [0.3, 0.4) is 0 Å². The van der Waals surface area contributed by atoms with Crippen LogP contribution in [-0.4, -0.2) is 19.6 Å². The van der Waals surface area contributed by atoms with Gasteiger partial charge in [0.15, 0.2) is 0 Å². The van der Waals surface area contributed by atoms with Gasteiger partial charge in [-0.05, 0) is 74.7 Å². The van der Waals surface area contributed by atoms with Crippen LogP contribution in [-0.2, 0) is 31.9 Å². The molecule has 326 valence electrons. The Kier molecular flexibility index (Phi) is 10.7. The first kappa shape index (κ1) is 42.9. The van der Waals surface area contributed by atoms with Crippen molar-refractivity contribution in [3.05, 3.63) is 193 Å². The Hall–Kier alpha value is -7.07. The molecule has 0 saturated heterocycles. The molecule has 66 heavy (non-hydrogen) atoms. The molecule has 0 amide bonds. The second kappa shape index (κ2) is 16.4. The third kappa shape index (κ3) is 7.42. The fraction of sp³-hybridized carbons (Fsp3) is 0.133. The number of aromatic hydroxyl groups is 1. The molecule has 0 aliphatic heterocycles. The van der Waals surface area contributed by atoms with E-state index in [1.807, 2.05) is 24.4 Å². The molecule has 0 fully saturated rings. The summed E-state index contributed by atoms with van der Waals surface area (Å²) in [5, 5.41) is 16.7. The van der Waals surface area contributed by atoms with Crippen LogP contribution in [0.4, 0.5) is 0 Å². The number of hydrogen-bond donors (Lipinski definition) is 1. The Morgan fingerprint density at radius 2 is 1.21 bits per heavy atom. The zero-order valence-electron chi connectivity index (χ0n) is 37.8. The summed E-state index contributed by atoms with van der Waals surface area (Å²) in [7, 11) is 0. The van der Waals surface area contributed by atoms with Gasteiger partial charge in [-0.3, -0.25) is 9.55 Å². The average Bonchev–Trinajstić information content (AvgIpc) is 3.89. The Morgan fingerprint density at radius 1 is 0.561 bits per heavy atom. The minimum atomic E-state index is -0.336. The normalized spacial score (nSPS) is 12.0. The quantitative estimate of drug-likeness (QED) is 0.169. The van der Waals surface area contributed by atoms with E-state index in [0.29, 0.717) is 11.4 Å². The van der Waals surface area contributed by atoms with Crippen molar-refractivity contribution in [3.63, 3.8) is 0 Å². The summed E-state index contributed by atoms with van der Waals surface area (Å²) in [5.74, 6) is 0.896. The average molecular weight is 1040 g/mol. The summed E-state index contributed by atoms with van der Waals surface area (Å²) in [6.07, 6.45) is 1.82. The van der Waals surface area contributed by atoms with Crippen LogP contribution in [0.15, 0.2) is 180 Å². The molecular formula is C60H48N3O2Pt-. The summed E-state index contributed by atoms with van der Waals surface area (Å²) < 4.78 is 8.77. The molecule has 8 aromatic carbocycles. The number of nitrogens with zero attached hydrogens (tertiary/aromatic N) is 3. The van der Waals surface area contributed by atoms with Gasteiger partial charge in [0.05, 0.1) is 22.3 Å². The molecule has 11 rings (SSSR count). The van der Waals surface area contributed by atoms with Gasteiger partial charge in [0.1, 0.15) is 22.7 Å². The van der Waals surface area contributed by atoms with E-state index in [1.54, 1.807) is 0 Å². The molecule has 0 saturated carbocycles. The summed E-state index contributed by atoms with van der Waals surface area (Å²) in [6, 6.07) is 63.0. The van der Waals surface area contributed by atoms with Crippen molar-refractivity contribution in [3.8, 4) is 67.5 Å². The molecule has 3 heterocycles. The van der Waals surface area contributed by atoms with Crippen LogP contribution in [0.5, 0.6) is 5.75 Å². The van der Waals surface area contributed by atoms with Crippen LogP contribution in [0.2, 0.25) is 0 Å². The number of phenols is 1. The first-order valence-corrected chi connectivity index (χ1v) is 22.3. The fourth-order valence-corrected chi connectivity index (χ4v) is 9.33. The van der Waals surface area contributed by atoms with Gasteiger partial charge >= 0.3 is 0 Å². The van der Waals surface area contributed by atoms with Gasteiger partial charge < -0.3 is 9.52 Å². The Labute approximate surface area is 399 Å². The topological polar surface area (TPSA) is 64.1 Å². The van der Waals surface area contributed by atoms with Crippen LogP contribution in [0.25, 0.3) is 105 Å². The number of rotatable bonds is 6. The zero-order chi connectivity index (χ0) is 44.6. The van der Waals surface area contributed by atoms with Crippen molar-refractivity contribution in [2.75, 3.05) is 0 Å². The van der Waals surface area contributed by atoms with Gasteiger partial charge in [0.2, 0.25) is 0 Å². The number of furan rings is 1.